The van der Waals surface area contributed by atoms with E-state index in [2.05, 4.69) is 5.32 Å². The van der Waals surface area contributed by atoms with E-state index in [1.165, 1.54) is 11.3 Å². The molecule has 90 valence electrons. The van der Waals surface area contributed by atoms with Crippen molar-refractivity contribution in [2.75, 3.05) is 5.32 Å². The van der Waals surface area contributed by atoms with Gasteiger partial charge >= 0.3 is 0 Å². The van der Waals surface area contributed by atoms with E-state index in [0.29, 0.717) is 11.6 Å². The van der Waals surface area contributed by atoms with Gasteiger partial charge in [0.1, 0.15) is 0 Å². The summed E-state index contributed by atoms with van der Waals surface area (Å²) in [5, 5.41) is 5.01. The van der Waals surface area contributed by atoms with Gasteiger partial charge in [-0.05, 0) is 18.2 Å². The summed E-state index contributed by atoms with van der Waals surface area (Å²) in [6, 6.07) is 3.75. The molecule has 0 aliphatic heterocycles. The first-order valence-corrected chi connectivity index (χ1v) is 5.94. The van der Waals surface area contributed by atoms with Gasteiger partial charge in [0, 0.05) is 16.8 Å². The highest BCUT2D eigenvalue weighted by atomic mass is 35.5. The van der Waals surface area contributed by atoms with Crippen molar-refractivity contribution in [3.63, 3.8) is 0 Å². The molecule has 0 saturated heterocycles. The van der Waals surface area contributed by atoms with Crippen LogP contribution in [0.2, 0.25) is 5.02 Å². The SMILES string of the molecule is Fc1ccc(NCc2cc(Cl)cs2)c(F)c1F. The zero-order valence-electron chi connectivity index (χ0n) is 8.44. The van der Waals surface area contributed by atoms with Gasteiger partial charge in [-0.3, -0.25) is 0 Å². The molecule has 0 bridgehead atoms. The molecular formula is C11H7ClF3NS. The highest BCUT2D eigenvalue weighted by Crippen LogP contribution is 2.23. The van der Waals surface area contributed by atoms with Crippen LogP contribution in [0.3, 0.4) is 0 Å². The topological polar surface area (TPSA) is 12.0 Å². The molecule has 2 aromatic rings. The monoisotopic (exact) mass is 277 g/mol. The number of hydrogen-bond acceptors (Lipinski definition) is 2. The third kappa shape index (κ3) is 2.73. The van der Waals surface area contributed by atoms with Crippen LogP contribution in [0.1, 0.15) is 4.88 Å². The zero-order chi connectivity index (χ0) is 12.4. The van der Waals surface area contributed by atoms with Gasteiger partial charge in [0.15, 0.2) is 17.5 Å². The molecule has 0 atom stereocenters. The van der Waals surface area contributed by atoms with Gasteiger partial charge in [0.05, 0.1) is 10.7 Å². The molecule has 0 aliphatic rings. The van der Waals surface area contributed by atoms with Crippen LogP contribution in [-0.4, -0.2) is 0 Å². The molecule has 0 aliphatic carbocycles. The second-order valence-electron chi connectivity index (χ2n) is 3.31. The standard InChI is InChI=1S/C11H7ClF3NS/c12-6-3-7(17-5-6)4-16-9-2-1-8(13)10(14)11(9)15/h1-3,5,16H,4H2. The second kappa shape index (κ2) is 4.98. The first-order valence-electron chi connectivity index (χ1n) is 4.68. The van der Waals surface area contributed by atoms with Crippen molar-refractivity contribution >= 4 is 28.6 Å². The zero-order valence-corrected chi connectivity index (χ0v) is 10.0. The quantitative estimate of drug-likeness (QED) is 0.819. The molecule has 0 radical (unpaired) electrons. The van der Waals surface area contributed by atoms with Crippen LogP contribution in [0.5, 0.6) is 0 Å². The van der Waals surface area contributed by atoms with E-state index in [9.17, 15) is 13.2 Å². The largest absolute Gasteiger partial charge is 0.378 e. The smallest absolute Gasteiger partial charge is 0.196 e. The first-order chi connectivity index (χ1) is 8.08. The van der Waals surface area contributed by atoms with Crippen LogP contribution in [0.15, 0.2) is 23.6 Å². The van der Waals surface area contributed by atoms with E-state index in [4.69, 9.17) is 11.6 Å². The summed E-state index contributed by atoms with van der Waals surface area (Å²) in [4.78, 5) is 0.874. The van der Waals surface area contributed by atoms with Crippen molar-refractivity contribution in [1.82, 2.24) is 0 Å². The maximum atomic E-state index is 13.3. The van der Waals surface area contributed by atoms with Crippen LogP contribution in [-0.2, 0) is 6.54 Å². The summed E-state index contributed by atoms with van der Waals surface area (Å²) in [5.41, 5.74) is -0.0755. The normalized spacial score (nSPS) is 10.6. The van der Waals surface area contributed by atoms with Gasteiger partial charge in [-0.2, -0.15) is 0 Å². The number of hydrogen-bond donors (Lipinski definition) is 1. The molecule has 1 nitrogen and oxygen atoms in total. The molecule has 0 spiro atoms. The summed E-state index contributed by atoms with van der Waals surface area (Å²) in [6.07, 6.45) is 0. The van der Waals surface area contributed by atoms with Crippen molar-refractivity contribution in [3.8, 4) is 0 Å². The Labute approximate surface area is 105 Å². The molecule has 0 unspecified atom stereocenters. The maximum Gasteiger partial charge on any atom is 0.196 e. The summed E-state index contributed by atoms with van der Waals surface area (Å²) in [7, 11) is 0. The number of benzene rings is 1. The Morgan fingerprint density at radius 3 is 2.59 bits per heavy atom. The Morgan fingerprint density at radius 2 is 1.94 bits per heavy atom. The van der Waals surface area contributed by atoms with Crippen LogP contribution in [0, 0.1) is 17.5 Å². The highest BCUT2D eigenvalue weighted by Gasteiger charge is 2.13. The first kappa shape index (κ1) is 12.3. The lowest BCUT2D eigenvalue weighted by Gasteiger charge is -2.06. The summed E-state index contributed by atoms with van der Waals surface area (Å²) < 4.78 is 38.9. The molecule has 0 fully saturated rings. The van der Waals surface area contributed by atoms with E-state index >= 15 is 0 Å². The van der Waals surface area contributed by atoms with Gasteiger partial charge in [0.2, 0.25) is 0 Å². The van der Waals surface area contributed by atoms with E-state index in [1.807, 2.05) is 0 Å². The van der Waals surface area contributed by atoms with E-state index in [-0.39, 0.29) is 5.69 Å². The Morgan fingerprint density at radius 1 is 1.18 bits per heavy atom. The fourth-order valence-electron chi connectivity index (χ4n) is 1.29. The fraction of sp³-hybridized carbons (Fsp3) is 0.0909. The van der Waals surface area contributed by atoms with Crippen molar-refractivity contribution in [3.05, 3.63) is 50.9 Å². The third-order valence-electron chi connectivity index (χ3n) is 2.11. The highest BCUT2D eigenvalue weighted by molar-refractivity contribution is 7.10. The molecule has 0 saturated carbocycles. The molecule has 1 N–H and O–H groups in total. The van der Waals surface area contributed by atoms with Gasteiger partial charge < -0.3 is 5.32 Å². The number of rotatable bonds is 3. The molecule has 1 heterocycles. The van der Waals surface area contributed by atoms with Crippen LogP contribution in [0.4, 0.5) is 18.9 Å². The average molecular weight is 278 g/mol. The number of anilines is 1. The molecule has 0 amide bonds. The lowest BCUT2D eigenvalue weighted by Crippen LogP contribution is -2.02. The molecule has 17 heavy (non-hydrogen) atoms. The Kier molecular flexibility index (Phi) is 3.59. The van der Waals surface area contributed by atoms with Crippen LogP contribution < -0.4 is 5.32 Å². The van der Waals surface area contributed by atoms with Crippen LogP contribution in [0.25, 0.3) is 0 Å². The van der Waals surface area contributed by atoms with Gasteiger partial charge in [-0.15, -0.1) is 11.3 Å². The molecule has 1 aromatic carbocycles. The number of nitrogens with one attached hydrogen (secondary N) is 1. The average Bonchev–Trinajstić information content (AvgIpc) is 2.71. The van der Waals surface area contributed by atoms with Gasteiger partial charge in [-0.1, -0.05) is 11.6 Å². The number of halogens is 4. The van der Waals surface area contributed by atoms with Crippen molar-refractivity contribution in [1.29, 1.82) is 0 Å². The maximum absolute atomic E-state index is 13.3. The molecule has 1 aromatic heterocycles. The van der Waals surface area contributed by atoms with E-state index < -0.39 is 17.5 Å². The predicted molar refractivity (Wildman–Crippen MR) is 63.0 cm³/mol. The van der Waals surface area contributed by atoms with Crippen molar-refractivity contribution in [2.45, 2.75) is 6.54 Å². The minimum atomic E-state index is -1.47. The Bertz CT molecular complexity index is 542. The lowest BCUT2D eigenvalue weighted by atomic mass is 10.2. The summed E-state index contributed by atoms with van der Waals surface area (Å²) in [6.45, 7) is 0.305. The second-order valence-corrected chi connectivity index (χ2v) is 4.74. The molecule has 6 heteroatoms. The number of thiophene rings is 1. The third-order valence-corrected chi connectivity index (χ3v) is 3.39. The Balaban J connectivity index is 2.12. The lowest BCUT2D eigenvalue weighted by molar-refractivity contribution is 0.449. The predicted octanol–water partition coefficient (Wildman–Crippen LogP) is 4.43. The van der Waals surface area contributed by atoms with E-state index in [0.717, 1.165) is 17.0 Å². The molecular weight excluding hydrogens is 271 g/mol. The molecule has 2 rings (SSSR count). The summed E-state index contributed by atoms with van der Waals surface area (Å²) in [5.74, 6) is -3.89. The minimum absolute atomic E-state index is 0.0755. The van der Waals surface area contributed by atoms with Crippen molar-refractivity contribution < 1.29 is 13.2 Å². The summed E-state index contributed by atoms with van der Waals surface area (Å²) >= 11 is 7.12. The van der Waals surface area contributed by atoms with Gasteiger partial charge in [-0.25, -0.2) is 13.2 Å². The van der Waals surface area contributed by atoms with Crippen molar-refractivity contribution in [2.24, 2.45) is 0 Å². The van der Waals surface area contributed by atoms with Crippen LogP contribution >= 0.6 is 22.9 Å². The Hall–Kier alpha value is -1.20. The minimum Gasteiger partial charge on any atom is -0.378 e. The fourth-order valence-corrected chi connectivity index (χ4v) is 2.30. The van der Waals surface area contributed by atoms with Gasteiger partial charge in [0.25, 0.3) is 0 Å². The van der Waals surface area contributed by atoms with E-state index in [1.54, 1.807) is 11.4 Å².